The van der Waals surface area contributed by atoms with Gasteiger partial charge in [0.15, 0.2) is 11.7 Å². The van der Waals surface area contributed by atoms with E-state index >= 15 is 0 Å². The number of halogens is 1. The monoisotopic (exact) mass is 398 g/mol. The SMILES string of the molecule is CC(OC(=O)C(C)(C)Oc1ccc(F)cc1)C(=O)N(CCC#N)c1ccccc1. The molecule has 2 rings (SSSR count). The van der Waals surface area contributed by atoms with E-state index in [1.165, 1.54) is 49.9 Å². The molecule has 0 spiro atoms. The van der Waals surface area contributed by atoms with E-state index in [0.29, 0.717) is 11.4 Å². The average molecular weight is 398 g/mol. The fourth-order valence-electron chi connectivity index (χ4n) is 2.55. The molecule has 2 aromatic rings. The van der Waals surface area contributed by atoms with Crippen molar-refractivity contribution >= 4 is 17.6 Å². The van der Waals surface area contributed by atoms with Crippen LogP contribution in [0.25, 0.3) is 0 Å². The van der Waals surface area contributed by atoms with Gasteiger partial charge in [-0.05, 0) is 57.2 Å². The summed E-state index contributed by atoms with van der Waals surface area (Å²) in [5.41, 5.74) is -0.783. The topological polar surface area (TPSA) is 79.6 Å². The van der Waals surface area contributed by atoms with E-state index in [0.717, 1.165) is 0 Å². The Kier molecular flexibility index (Phi) is 7.32. The van der Waals surface area contributed by atoms with Crippen LogP contribution in [0.15, 0.2) is 54.6 Å². The Labute approximate surface area is 169 Å². The summed E-state index contributed by atoms with van der Waals surface area (Å²) < 4.78 is 24.0. The third-order valence-electron chi connectivity index (χ3n) is 4.09. The minimum absolute atomic E-state index is 0.139. The summed E-state index contributed by atoms with van der Waals surface area (Å²) in [6.07, 6.45) is -0.946. The van der Waals surface area contributed by atoms with Crippen LogP contribution in [0.2, 0.25) is 0 Å². The molecular formula is C22H23FN2O4. The Morgan fingerprint density at radius 2 is 1.76 bits per heavy atom. The molecule has 0 radical (unpaired) electrons. The van der Waals surface area contributed by atoms with Gasteiger partial charge in [-0.1, -0.05) is 18.2 Å². The minimum atomic E-state index is -1.39. The Morgan fingerprint density at radius 1 is 1.14 bits per heavy atom. The zero-order valence-corrected chi connectivity index (χ0v) is 16.6. The highest BCUT2D eigenvalue weighted by atomic mass is 19.1. The molecule has 6 nitrogen and oxygen atoms in total. The van der Waals surface area contributed by atoms with Crippen LogP contribution in [0, 0.1) is 17.1 Å². The second-order valence-electron chi connectivity index (χ2n) is 6.85. The van der Waals surface area contributed by atoms with Crippen molar-refractivity contribution in [3.8, 4) is 11.8 Å². The number of hydrogen-bond donors (Lipinski definition) is 0. The second kappa shape index (κ2) is 9.69. The number of nitrogens with zero attached hydrogens (tertiary/aromatic N) is 2. The zero-order chi connectivity index (χ0) is 21.4. The predicted molar refractivity (Wildman–Crippen MR) is 106 cm³/mol. The van der Waals surface area contributed by atoms with Crippen LogP contribution >= 0.6 is 0 Å². The van der Waals surface area contributed by atoms with Crippen LogP contribution in [0.1, 0.15) is 27.2 Å². The third kappa shape index (κ3) is 6.04. The van der Waals surface area contributed by atoms with E-state index < -0.39 is 29.4 Å². The van der Waals surface area contributed by atoms with Gasteiger partial charge in [-0.3, -0.25) is 4.79 Å². The summed E-state index contributed by atoms with van der Waals surface area (Å²) in [5.74, 6) is -1.31. The first-order valence-electron chi connectivity index (χ1n) is 9.13. The molecule has 0 aliphatic rings. The van der Waals surface area contributed by atoms with E-state index in [1.54, 1.807) is 24.3 Å². The van der Waals surface area contributed by atoms with E-state index in [4.69, 9.17) is 14.7 Å². The maximum atomic E-state index is 13.0. The molecule has 0 heterocycles. The lowest BCUT2D eigenvalue weighted by atomic mass is 10.1. The molecule has 1 unspecified atom stereocenters. The number of para-hydroxylation sites is 1. The first-order valence-corrected chi connectivity index (χ1v) is 9.13. The molecule has 0 aromatic heterocycles. The molecule has 1 amide bonds. The first kappa shape index (κ1) is 21.9. The van der Waals surface area contributed by atoms with Crippen LogP contribution in [-0.2, 0) is 14.3 Å². The lowest BCUT2D eigenvalue weighted by Crippen LogP contribution is -2.46. The van der Waals surface area contributed by atoms with Crippen molar-refractivity contribution in [3.63, 3.8) is 0 Å². The van der Waals surface area contributed by atoms with Crippen LogP contribution in [0.4, 0.5) is 10.1 Å². The Hall–Kier alpha value is -3.40. The lowest BCUT2D eigenvalue weighted by Gasteiger charge is -2.28. The van der Waals surface area contributed by atoms with Gasteiger partial charge in [0.2, 0.25) is 0 Å². The molecule has 0 saturated carbocycles. The molecule has 0 N–H and O–H groups in total. The summed E-state index contributed by atoms with van der Waals surface area (Å²) in [6, 6.07) is 16.1. The van der Waals surface area contributed by atoms with Gasteiger partial charge in [0, 0.05) is 12.2 Å². The highest BCUT2D eigenvalue weighted by Gasteiger charge is 2.35. The summed E-state index contributed by atoms with van der Waals surface area (Å²) in [4.78, 5) is 26.9. The summed E-state index contributed by atoms with van der Waals surface area (Å²) >= 11 is 0. The van der Waals surface area contributed by atoms with Gasteiger partial charge < -0.3 is 14.4 Å². The molecule has 0 aliphatic carbocycles. The zero-order valence-electron chi connectivity index (χ0n) is 16.6. The van der Waals surface area contributed by atoms with Gasteiger partial charge in [-0.2, -0.15) is 5.26 Å². The van der Waals surface area contributed by atoms with Crippen molar-refractivity contribution in [1.82, 2.24) is 0 Å². The van der Waals surface area contributed by atoms with Crippen LogP contribution < -0.4 is 9.64 Å². The van der Waals surface area contributed by atoms with Gasteiger partial charge in [0.25, 0.3) is 5.91 Å². The molecule has 29 heavy (non-hydrogen) atoms. The molecule has 1 atom stereocenters. The van der Waals surface area contributed by atoms with E-state index in [2.05, 4.69) is 0 Å². The van der Waals surface area contributed by atoms with Gasteiger partial charge in [0.1, 0.15) is 11.6 Å². The molecule has 0 saturated heterocycles. The number of nitriles is 1. The molecule has 2 aromatic carbocycles. The van der Waals surface area contributed by atoms with Gasteiger partial charge in [-0.25, -0.2) is 9.18 Å². The Bertz CT molecular complexity index is 876. The van der Waals surface area contributed by atoms with E-state index in [9.17, 15) is 14.0 Å². The number of carbonyl (C=O) groups excluding carboxylic acids is 2. The smallest absolute Gasteiger partial charge is 0.350 e. The molecule has 0 aliphatic heterocycles. The lowest BCUT2D eigenvalue weighted by molar-refractivity contribution is -0.167. The molecule has 152 valence electrons. The third-order valence-corrected chi connectivity index (χ3v) is 4.09. The maximum Gasteiger partial charge on any atom is 0.350 e. The normalized spacial score (nSPS) is 11.8. The summed E-state index contributed by atoms with van der Waals surface area (Å²) in [7, 11) is 0. The van der Waals surface area contributed by atoms with Crippen molar-refractivity contribution in [2.75, 3.05) is 11.4 Å². The predicted octanol–water partition coefficient (Wildman–Crippen LogP) is 3.86. The number of amides is 1. The standard InChI is InChI=1S/C22H23FN2O4/c1-16(20(26)25(15-7-14-24)18-8-5-4-6-9-18)28-21(27)22(2,3)29-19-12-10-17(23)11-13-19/h4-6,8-13,16H,7,15H2,1-3H3. The number of benzene rings is 2. The molecular weight excluding hydrogens is 375 g/mol. The van der Waals surface area contributed by atoms with Crippen molar-refractivity contribution in [2.45, 2.75) is 38.9 Å². The fraction of sp³-hybridized carbons (Fsp3) is 0.318. The van der Waals surface area contributed by atoms with Crippen molar-refractivity contribution < 1.29 is 23.5 Å². The number of anilines is 1. The largest absolute Gasteiger partial charge is 0.476 e. The molecule has 0 bridgehead atoms. The number of carbonyl (C=O) groups is 2. The van der Waals surface area contributed by atoms with Crippen molar-refractivity contribution in [3.05, 3.63) is 60.4 Å². The number of rotatable bonds is 8. The number of ether oxygens (including phenoxy) is 2. The number of hydrogen-bond acceptors (Lipinski definition) is 5. The van der Waals surface area contributed by atoms with E-state index in [-0.39, 0.29) is 13.0 Å². The van der Waals surface area contributed by atoms with Gasteiger partial charge >= 0.3 is 5.97 Å². The summed E-state index contributed by atoms with van der Waals surface area (Å²) in [6.45, 7) is 4.65. The van der Waals surface area contributed by atoms with Crippen LogP contribution in [-0.4, -0.2) is 30.1 Å². The Balaban J connectivity index is 2.08. The van der Waals surface area contributed by atoms with Crippen molar-refractivity contribution in [1.29, 1.82) is 5.26 Å². The van der Waals surface area contributed by atoms with Gasteiger partial charge in [-0.15, -0.1) is 0 Å². The van der Waals surface area contributed by atoms with Crippen molar-refractivity contribution in [2.24, 2.45) is 0 Å². The summed E-state index contributed by atoms with van der Waals surface area (Å²) in [5, 5.41) is 8.88. The Morgan fingerprint density at radius 3 is 2.34 bits per heavy atom. The van der Waals surface area contributed by atoms with Crippen LogP contribution in [0.5, 0.6) is 5.75 Å². The molecule has 0 fully saturated rings. The maximum absolute atomic E-state index is 13.0. The fourth-order valence-corrected chi connectivity index (χ4v) is 2.55. The molecule has 7 heteroatoms. The number of esters is 1. The van der Waals surface area contributed by atoms with Gasteiger partial charge in [0.05, 0.1) is 12.5 Å². The second-order valence-corrected chi connectivity index (χ2v) is 6.85. The highest BCUT2D eigenvalue weighted by Crippen LogP contribution is 2.21. The quantitative estimate of drug-likeness (QED) is 0.631. The first-order chi connectivity index (χ1) is 13.7. The van der Waals surface area contributed by atoms with Crippen LogP contribution in [0.3, 0.4) is 0 Å². The van der Waals surface area contributed by atoms with E-state index in [1.807, 2.05) is 12.1 Å². The minimum Gasteiger partial charge on any atom is -0.476 e. The highest BCUT2D eigenvalue weighted by molar-refractivity contribution is 5.97. The average Bonchev–Trinajstić information content (AvgIpc) is 2.70.